The van der Waals surface area contributed by atoms with Crippen LogP contribution in [-0.2, 0) is 4.79 Å². The Kier molecular flexibility index (Phi) is 7.30. The van der Waals surface area contributed by atoms with Gasteiger partial charge in [0.1, 0.15) is 5.75 Å². The van der Waals surface area contributed by atoms with E-state index in [0.29, 0.717) is 22.8 Å². The van der Waals surface area contributed by atoms with E-state index in [4.69, 9.17) is 14.2 Å². The van der Waals surface area contributed by atoms with Crippen molar-refractivity contribution in [2.45, 2.75) is 0 Å². The van der Waals surface area contributed by atoms with Gasteiger partial charge < -0.3 is 24.8 Å². The van der Waals surface area contributed by atoms with E-state index in [2.05, 4.69) is 10.6 Å². The highest BCUT2D eigenvalue weighted by atomic mass is 16.5. The number of amides is 2. The largest absolute Gasteiger partial charge is 0.496 e. The van der Waals surface area contributed by atoms with Gasteiger partial charge in [0.25, 0.3) is 11.8 Å². The highest BCUT2D eigenvalue weighted by molar-refractivity contribution is 5.96. The first-order valence-electron chi connectivity index (χ1n) is 8.09. The number of benzene rings is 2. The van der Waals surface area contributed by atoms with Crippen LogP contribution in [0.15, 0.2) is 48.5 Å². The highest BCUT2D eigenvalue weighted by Crippen LogP contribution is 2.25. The van der Waals surface area contributed by atoms with Gasteiger partial charge in [0.05, 0.1) is 19.8 Å². The maximum absolute atomic E-state index is 12.1. The molecule has 0 saturated carbocycles. The number of para-hydroxylation sites is 3. The normalized spacial score (nSPS) is 9.92. The lowest BCUT2D eigenvalue weighted by Crippen LogP contribution is -2.36. The van der Waals surface area contributed by atoms with E-state index >= 15 is 0 Å². The van der Waals surface area contributed by atoms with Gasteiger partial charge >= 0.3 is 0 Å². The lowest BCUT2D eigenvalue weighted by molar-refractivity contribution is -0.123. The first-order valence-corrected chi connectivity index (χ1v) is 8.09. The first kappa shape index (κ1) is 19.1. The Morgan fingerprint density at radius 2 is 1.38 bits per heavy atom. The van der Waals surface area contributed by atoms with Crippen molar-refractivity contribution >= 4 is 11.8 Å². The second-order valence-electron chi connectivity index (χ2n) is 5.25. The molecular formula is C19H22N2O5. The molecule has 0 spiro atoms. The molecule has 0 unspecified atom stereocenters. The average molecular weight is 358 g/mol. The van der Waals surface area contributed by atoms with Crippen molar-refractivity contribution in [3.8, 4) is 17.2 Å². The van der Waals surface area contributed by atoms with Crippen molar-refractivity contribution in [1.29, 1.82) is 0 Å². The van der Waals surface area contributed by atoms with Gasteiger partial charge in [0.15, 0.2) is 18.1 Å². The van der Waals surface area contributed by atoms with Crippen molar-refractivity contribution in [3.63, 3.8) is 0 Å². The van der Waals surface area contributed by atoms with Crippen molar-refractivity contribution < 1.29 is 23.8 Å². The van der Waals surface area contributed by atoms with Crippen LogP contribution < -0.4 is 24.8 Å². The number of methoxy groups -OCH3 is 2. The zero-order valence-electron chi connectivity index (χ0n) is 14.8. The fraction of sp³-hybridized carbons (Fsp3) is 0.263. The fourth-order valence-electron chi connectivity index (χ4n) is 2.24. The van der Waals surface area contributed by atoms with Crippen LogP contribution in [0.25, 0.3) is 0 Å². The van der Waals surface area contributed by atoms with Crippen molar-refractivity contribution in [1.82, 2.24) is 10.6 Å². The summed E-state index contributed by atoms with van der Waals surface area (Å²) >= 11 is 0. The van der Waals surface area contributed by atoms with Crippen LogP contribution in [0.5, 0.6) is 17.2 Å². The molecule has 0 saturated heterocycles. The van der Waals surface area contributed by atoms with E-state index in [1.807, 2.05) is 6.07 Å². The zero-order valence-corrected chi connectivity index (χ0v) is 14.8. The molecule has 7 nitrogen and oxygen atoms in total. The maximum atomic E-state index is 12.1. The Hall–Kier alpha value is -3.22. The summed E-state index contributed by atoms with van der Waals surface area (Å²) in [4.78, 5) is 23.9. The maximum Gasteiger partial charge on any atom is 0.258 e. The number of carbonyl (C=O) groups excluding carboxylic acids is 2. The van der Waals surface area contributed by atoms with Gasteiger partial charge in [-0.15, -0.1) is 0 Å². The molecule has 138 valence electrons. The van der Waals surface area contributed by atoms with Crippen LogP contribution in [0.1, 0.15) is 10.4 Å². The first-order chi connectivity index (χ1) is 12.7. The minimum absolute atomic E-state index is 0.138. The van der Waals surface area contributed by atoms with Crippen LogP contribution in [0, 0.1) is 0 Å². The van der Waals surface area contributed by atoms with E-state index in [1.54, 1.807) is 42.5 Å². The Labute approximate surface area is 152 Å². The highest BCUT2D eigenvalue weighted by Gasteiger charge is 2.11. The fourth-order valence-corrected chi connectivity index (χ4v) is 2.24. The minimum atomic E-state index is -0.289. The molecule has 0 aliphatic heterocycles. The molecule has 0 bridgehead atoms. The quantitative estimate of drug-likeness (QED) is 0.666. The Morgan fingerprint density at radius 1 is 0.808 bits per heavy atom. The molecular weight excluding hydrogens is 336 g/mol. The van der Waals surface area contributed by atoms with E-state index in [0.717, 1.165) is 0 Å². The molecule has 2 rings (SSSR count). The summed E-state index contributed by atoms with van der Waals surface area (Å²) < 4.78 is 15.7. The molecule has 7 heteroatoms. The lowest BCUT2D eigenvalue weighted by Gasteiger charge is -2.11. The summed E-state index contributed by atoms with van der Waals surface area (Å²) in [6, 6.07) is 14.0. The van der Waals surface area contributed by atoms with Crippen molar-refractivity contribution in [2.75, 3.05) is 33.9 Å². The SMILES string of the molecule is COc1ccccc1OCC(=O)NCCNC(=O)c1ccccc1OC. The van der Waals surface area contributed by atoms with E-state index in [1.165, 1.54) is 14.2 Å². The smallest absolute Gasteiger partial charge is 0.258 e. The van der Waals surface area contributed by atoms with E-state index in [-0.39, 0.29) is 31.5 Å². The summed E-state index contributed by atoms with van der Waals surface area (Å²) in [5.74, 6) is 1.00. The number of ether oxygens (including phenoxy) is 3. The summed E-state index contributed by atoms with van der Waals surface area (Å²) in [6.45, 7) is 0.438. The molecule has 0 atom stereocenters. The van der Waals surface area contributed by atoms with Crippen LogP contribution in [0.2, 0.25) is 0 Å². The molecule has 2 aromatic carbocycles. The van der Waals surface area contributed by atoms with Gasteiger partial charge in [-0.1, -0.05) is 24.3 Å². The number of rotatable bonds is 9. The van der Waals surface area contributed by atoms with Crippen LogP contribution in [-0.4, -0.2) is 45.7 Å². The molecule has 26 heavy (non-hydrogen) atoms. The molecule has 2 N–H and O–H groups in total. The van der Waals surface area contributed by atoms with Crippen molar-refractivity contribution in [2.24, 2.45) is 0 Å². The van der Waals surface area contributed by atoms with Crippen LogP contribution >= 0.6 is 0 Å². The predicted octanol–water partition coefficient (Wildman–Crippen LogP) is 1.63. The van der Waals surface area contributed by atoms with Gasteiger partial charge in [-0.05, 0) is 24.3 Å². The Morgan fingerprint density at radius 3 is 2.08 bits per heavy atom. The molecule has 0 aliphatic rings. The number of nitrogens with one attached hydrogen (secondary N) is 2. The third-order valence-corrected chi connectivity index (χ3v) is 3.51. The molecule has 2 amide bonds. The zero-order chi connectivity index (χ0) is 18.8. The molecule has 0 aliphatic carbocycles. The summed E-state index contributed by atoms with van der Waals surface area (Å²) in [6.07, 6.45) is 0. The van der Waals surface area contributed by atoms with Gasteiger partial charge in [-0.25, -0.2) is 0 Å². The van der Waals surface area contributed by atoms with Crippen LogP contribution in [0.4, 0.5) is 0 Å². The molecule has 2 aromatic rings. The Bertz CT molecular complexity index is 748. The van der Waals surface area contributed by atoms with Gasteiger partial charge in [0.2, 0.25) is 0 Å². The Balaban J connectivity index is 1.71. The number of carbonyl (C=O) groups is 2. The molecule has 0 fully saturated rings. The molecule has 0 radical (unpaired) electrons. The number of hydrogen-bond donors (Lipinski definition) is 2. The van der Waals surface area contributed by atoms with Crippen LogP contribution in [0.3, 0.4) is 0 Å². The summed E-state index contributed by atoms with van der Waals surface area (Å²) in [7, 11) is 3.04. The third kappa shape index (κ3) is 5.41. The van der Waals surface area contributed by atoms with Gasteiger partial charge in [0, 0.05) is 13.1 Å². The molecule has 0 aromatic heterocycles. The topological polar surface area (TPSA) is 85.9 Å². The number of hydrogen-bond acceptors (Lipinski definition) is 5. The average Bonchev–Trinajstić information content (AvgIpc) is 2.69. The third-order valence-electron chi connectivity index (χ3n) is 3.51. The summed E-state index contributed by atoms with van der Waals surface area (Å²) in [5.41, 5.74) is 0.445. The second-order valence-corrected chi connectivity index (χ2v) is 5.25. The van der Waals surface area contributed by atoms with E-state index < -0.39 is 0 Å². The van der Waals surface area contributed by atoms with Crippen molar-refractivity contribution in [3.05, 3.63) is 54.1 Å². The standard InChI is InChI=1S/C19H22N2O5/c1-24-15-8-4-3-7-14(15)19(23)21-12-11-20-18(22)13-26-17-10-6-5-9-16(17)25-2/h3-10H,11-13H2,1-2H3,(H,20,22)(H,21,23). The lowest BCUT2D eigenvalue weighted by atomic mass is 10.2. The monoisotopic (exact) mass is 358 g/mol. The second kappa shape index (κ2) is 9.93. The predicted molar refractivity (Wildman–Crippen MR) is 96.8 cm³/mol. The van der Waals surface area contributed by atoms with Gasteiger partial charge in [-0.3, -0.25) is 9.59 Å². The summed E-state index contributed by atoms with van der Waals surface area (Å²) in [5, 5.41) is 5.40. The molecule has 0 heterocycles. The minimum Gasteiger partial charge on any atom is -0.496 e. The van der Waals surface area contributed by atoms with E-state index in [9.17, 15) is 9.59 Å². The van der Waals surface area contributed by atoms with Gasteiger partial charge in [-0.2, -0.15) is 0 Å².